The van der Waals surface area contributed by atoms with Crippen molar-refractivity contribution in [3.8, 4) is 0 Å². The van der Waals surface area contributed by atoms with E-state index in [1.807, 2.05) is 0 Å². The topological polar surface area (TPSA) is 131 Å². The fourth-order valence-corrected chi connectivity index (χ4v) is 2.59. The van der Waals surface area contributed by atoms with E-state index in [1.165, 1.54) is 13.2 Å². The molecule has 1 aliphatic rings. The molecule has 9 nitrogen and oxygen atoms in total. The van der Waals surface area contributed by atoms with Gasteiger partial charge in [0, 0.05) is 5.56 Å². The van der Waals surface area contributed by atoms with Crippen LogP contribution in [0.1, 0.15) is 12.0 Å². The summed E-state index contributed by atoms with van der Waals surface area (Å²) in [6.45, 7) is -0.594. The highest BCUT2D eigenvalue weighted by Crippen LogP contribution is 2.25. The minimum absolute atomic E-state index is 0.209. The molecule has 0 saturated carbocycles. The molecule has 1 heterocycles. The Bertz CT molecular complexity index is 797. The average molecular weight is 434 g/mol. The number of Topliss-reactive ketones (excluding diaryl/α,β-unsaturated/α-hetero) is 1. The summed E-state index contributed by atoms with van der Waals surface area (Å²) in [6, 6.07) is 4.81. The van der Waals surface area contributed by atoms with Gasteiger partial charge in [-0.25, -0.2) is 4.79 Å². The summed E-state index contributed by atoms with van der Waals surface area (Å²) in [4.78, 5) is 39.4. The van der Waals surface area contributed by atoms with Crippen molar-refractivity contribution in [2.45, 2.75) is 24.7 Å². The lowest BCUT2D eigenvalue weighted by Gasteiger charge is -2.15. The zero-order chi connectivity index (χ0) is 20.8. The van der Waals surface area contributed by atoms with Gasteiger partial charge in [0.2, 0.25) is 11.9 Å². The van der Waals surface area contributed by atoms with E-state index >= 15 is 0 Å². The number of hydrogen-bond donors (Lipinski definition) is 3. The lowest BCUT2D eigenvalue weighted by atomic mass is 10.1. The second-order valence-electron chi connectivity index (χ2n) is 5.67. The number of aliphatic hydroxyl groups excluding tert-OH is 2. The molecule has 1 fully saturated rings. The lowest BCUT2D eigenvalue weighted by Crippen LogP contribution is -2.38. The number of benzene rings is 1. The van der Waals surface area contributed by atoms with Gasteiger partial charge in [-0.3, -0.25) is 19.9 Å². The molecule has 1 aromatic rings. The number of ether oxygens (including phenoxy) is 2. The van der Waals surface area contributed by atoms with Crippen LogP contribution in [0.15, 0.2) is 24.3 Å². The smallest absolute Gasteiger partial charge is 0.343 e. The molecular formula is C17H17Cl2NO8. The van der Waals surface area contributed by atoms with E-state index < -0.39 is 42.6 Å². The Morgan fingerprint density at radius 3 is 2.64 bits per heavy atom. The number of rotatable bonds is 8. The number of halogens is 2. The largest absolute Gasteiger partial charge is 0.463 e. The molecule has 1 unspecified atom stereocenters. The van der Waals surface area contributed by atoms with Crippen LogP contribution in [-0.2, 0) is 28.7 Å². The number of nitrogens with one attached hydrogen (secondary N) is 1. The molecule has 2 rings (SSSR count). The molecule has 0 amide bonds. The molecular weight excluding hydrogens is 417 g/mol. The first-order chi connectivity index (χ1) is 13.2. The first-order valence-corrected chi connectivity index (χ1v) is 8.70. The van der Waals surface area contributed by atoms with Crippen LogP contribution in [0.25, 0.3) is 5.70 Å². The first kappa shape index (κ1) is 22.1. The molecule has 0 spiro atoms. The molecule has 11 heteroatoms. The number of hydroxylamine groups is 1. The third kappa shape index (κ3) is 5.43. The summed E-state index contributed by atoms with van der Waals surface area (Å²) in [5.74, 6) is -2.87. The maximum Gasteiger partial charge on any atom is 0.343 e. The number of esters is 2. The van der Waals surface area contributed by atoms with Crippen molar-refractivity contribution < 1.29 is 38.9 Å². The van der Waals surface area contributed by atoms with Crippen LogP contribution in [0.5, 0.6) is 0 Å². The van der Waals surface area contributed by atoms with E-state index in [2.05, 4.69) is 10.2 Å². The van der Waals surface area contributed by atoms with Gasteiger partial charge in [0.25, 0.3) is 0 Å². The van der Waals surface area contributed by atoms with Crippen LogP contribution in [-0.4, -0.2) is 60.0 Å². The van der Waals surface area contributed by atoms with Gasteiger partial charge >= 0.3 is 11.9 Å². The Morgan fingerprint density at radius 2 is 2.07 bits per heavy atom. The van der Waals surface area contributed by atoms with Crippen LogP contribution < -0.4 is 5.48 Å². The van der Waals surface area contributed by atoms with Crippen LogP contribution in [0.3, 0.4) is 0 Å². The van der Waals surface area contributed by atoms with E-state index in [0.717, 1.165) is 0 Å². The van der Waals surface area contributed by atoms with E-state index in [4.69, 9.17) is 32.8 Å². The zero-order valence-electron chi connectivity index (χ0n) is 14.6. The molecule has 152 valence electrons. The Labute approximate surface area is 169 Å². The average Bonchev–Trinajstić information content (AvgIpc) is 2.92. The second-order valence-corrected chi connectivity index (χ2v) is 6.48. The maximum absolute atomic E-state index is 11.9. The highest BCUT2D eigenvalue weighted by atomic mass is 35.5. The summed E-state index contributed by atoms with van der Waals surface area (Å²) in [6.07, 6.45) is -3.85. The molecule has 3 N–H and O–H groups in total. The van der Waals surface area contributed by atoms with Gasteiger partial charge < -0.3 is 19.7 Å². The lowest BCUT2D eigenvalue weighted by molar-refractivity contribution is -0.156. The van der Waals surface area contributed by atoms with Gasteiger partial charge in [0.1, 0.15) is 12.7 Å². The van der Waals surface area contributed by atoms with Crippen molar-refractivity contribution in [1.82, 2.24) is 5.48 Å². The maximum atomic E-state index is 11.9. The summed E-state index contributed by atoms with van der Waals surface area (Å²) >= 11 is 11.8. The van der Waals surface area contributed by atoms with Gasteiger partial charge in [-0.1, -0.05) is 29.3 Å². The Morgan fingerprint density at radius 1 is 1.36 bits per heavy atom. The number of aliphatic hydroxyl groups is 2. The number of hydrogen-bond acceptors (Lipinski definition) is 9. The van der Waals surface area contributed by atoms with Gasteiger partial charge in [-0.2, -0.15) is 0 Å². The summed E-state index contributed by atoms with van der Waals surface area (Å²) < 4.78 is 9.42. The standard InChI is InChI=1S/C17H17Cl2NO8/c1-26-20-11(8-2-3-9(18)10(19)6-8)4-5-13(22)27-7-12(21)16-14(23)15(24)17(25)28-16/h2-4,6,12,15-16,20-21,24H,5,7H2,1H3/t12-,15?,16+/m0/s1. The van der Waals surface area contributed by atoms with Gasteiger partial charge in [-0.05, 0) is 18.2 Å². The van der Waals surface area contributed by atoms with Crippen molar-refractivity contribution >= 4 is 46.6 Å². The van der Waals surface area contributed by atoms with Crippen molar-refractivity contribution in [3.63, 3.8) is 0 Å². The fraction of sp³-hybridized carbons (Fsp3) is 0.353. The Kier molecular flexibility index (Phi) is 7.78. The molecule has 1 aliphatic heterocycles. The molecule has 1 aromatic carbocycles. The molecule has 0 bridgehead atoms. The van der Waals surface area contributed by atoms with Crippen LogP contribution in [0.2, 0.25) is 10.0 Å². The monoisotopic (exact) mass is 433 g/mol. The molecule has 0 aromatic heterocycles. The number of carbonyl (C=O) groups is 3. The summed E-state index contributed by atoms with van der Waals surface area (Å²) in [5.41, 5.74) is 3.62. The highest BCUT2D eigenvalue weighted by molar-refractivity contribution is 6.42. The Hall–Kier alpha value is -2.17. The fourth-order valence-electron chi connectivity index (χ4n) is 2.29. The molecule has 1 saturated heterocycles. The first-order valence-electron chi connectivity index (χ1n) is 7.95. The summed E-state index contributed by atoms with van der Waals surface area (Å²) in [5, 5.41) is 19.7. The van der Waals surface area contributed by atoms with Gasteiger partial charge in [0.05, 0.1) is 29.3 Å². The van der Waals surface area contributed by atoms with Crippen molar-refractivity contribution in [2.75, 3.05) is 13.7 Å². The van der Waals surface area contributed by atoms with Gasteiger partial charge in [0.15, 0.2) is 6.10 Å². The minimum atomic E-state index is -1.94. The normalized spacial score (nSPS) is 20.7. The number of carbonyl (C=O) groups excluding carboxylic acids is 3. The molecule has 0 radical (unpaired) electrons. The SMILES string of the molecule is CONC(=CCC(=O)OC[C@H](O)[C@H]1OC(=O)C(O)C1=O)c1ccc(Cl)c(Cl)c1. The predicted molar refractivity (Wildman–Crippen MR) is 97.1 cm³/mol. The van der Waals surface area contributed by atoms with E-state index in [-0.39, 0.29) is 6.42 Å². The summed E-state index contributed by atoms with van der Waals surface area (Å²) in [7, 11) is 1.38. The molecule has 3 atom stereocenters. The molecule has 0 aliphatic carbocycles. The molecule has 28 heavy (non-hydrogen) atoms. The van der Waals surface area contributed by atoms with Crippen LogP contribution in [0, 0.1) is 0 Å². The second kappa shape index (κ2) is 9.85. The van der Waals surface area contributed by atoms with Crippen molar-refractivity contribution in [3.05, 3.63) is 39.9 Å². The minimum Gasteiger partial charge on any atom is -0.463 e. The number of cyclic esters (lactones) is 1. The van der Waals surface area contributed by atoms with E-state index in [0.29, 0.717) is 21.3 Å². The van der Waals surface area contributed by atoms with Crippen LogP contribution in [0.4, 0.5) is 0 Å². The zero-order valence-corrected chi connectivity index (χ0v) is 16.1. The Balaban J connectivity index is 1.94. The van der Waals surface area contributed by atoms with E-state index in [1.54, 1.807) is 18.2 Å². The van der Waals surface area contributed by atoms with Crippen molar-refractivity contribution in [1.29, 1.82) is 0 Å². The van der Waals surface area contributed by atoms with Crippen LogP contribution >= 0.6 is 23.2 Å². The predicted octanol–water partition coefficient (Wildman–Crippen LogP) is 0.635. The van der Waals surface area contributed by atoms with Crippen molar-refractivity contribution in [2.24, 2.45) is 0 Å². The number of ketones is 1. The quantitative estimate of drug-likeness (QED) is 0.306. The van der Waals surface area contributed by atoms with E-state index in [9.17, 15) is 24.6 Å². The van der Waals surface area contributed by atoms with Gasteiger partial charge in [-0.15, -0.1) is 0 Å². The third-order valence-corrected chi connectivity index (χ3v) is 4.44. The highest BCUT2D eigenvalue weighted by Gasteiger charge is 2.46. The third-order valence-electron chi connectivity index (χ3n) is 3.70.